The average Bonchev–Trinajstić information content (AvgIpc) is 2.74. The molecule has 0 aromatic heterocycles. The van der Waals surface area contributed by atoms with Gasteiger partial charge in [-0.1, -0.05) is 30.5 Å². The molecule has 0 unspecified atom stereocenters. The van der Waals surface area contributed by atoms with Crippen molar-refractivity contribution in [2.45, 2.75) is 32.6 Å². The number of hydrogen-bond acceptors (Lipinski definition) is 1. The number of amidine groups is 1. The Bertz CT molecular complexity index is 345. The predicted molar refractivity (Wildman–Crippen MR) is 64.4 cm³/mol. The van der Waals surface area contributed by atoms with Gasteiger partial charge in [-0.2, -0.15) is 0 Å². The SMILES string of the molecule is Cc1ccc(N=C(N)C2CCCC2)cc1. The predicted octanol–water partition coefficient (Wildman–Crippen LogP) is 3.17. The van der Waals surface area contributed by atoms with Gasteiger partial charge < -0.3 is 5.73 Å². The zero-order chi connectivity index (χ0) is 10.7. The Kier molecular flexibility index (Phi) is 3.05. The summed E-state index contributed by atoms with van der Waals surface area (Å²) >= 11 is 0. The summed E-state index contributed by atoms with van der Waals surface area (Å²) in [5.74, 6) is 1.34. The third kappa shape index (κ3) is 2.58. The summed E-state index contributed by atoms with van der Waals surface area (Å²) in [6.45, 7) is 2.08. The van der Waals surface area contributed by atoms with Crippen molar-refractivity contribution in [3.63, 3.8) is 0 Å². The van der Waals surface area contributed by atoms with E-state index in [9.17, 15) is 0 Å². The first-order valence-corrected chi connectivity index (χ1v) is 5.66. The van der Waals surface area contributed by atoms with Gasteiger partial charge in [0.05, 0.1) is 5.69 Å². The van der Waals surface area contributed by atoms with Crippen molar-refractivity contribution in [2.75, 3.05) is 0 Å². The molecular weight excluding hydrogens is 184 g/mol. The fraction of sp³-hybridized carbons (Fsp3) is 0.462. The van der Waals surface area contributed by atoms with Gasteiger partial charge in [-0.3, -0.25) is 0 Å². The summed E-state index contributed by atoms with van der Waals surface area (Å²) in [6, 6.07) is 8.19. The summed E-state index contributed by atoms with van der Waals surface area (Å²) < 4.78 is 0. The van der Waals surface area contributed by atoms with Crippen molar-refractivity contribution in [2.24, 2.45) is 16.6 Å². The quantitative estimate of drug-likeness (QED) is 0.580. The molecule has 0 amide bonds. The summed E-state index contributed by atoms with van der Waals surface area (Å²) in [7, 11) is 0. The second kappa shape index (κ2) is 4.47. The van der Waals surface area contributed by atoms with E-state index in [-0.39, 0.29) is 0 Å². The number of nitrogens with two attached hydrogens (primary N) is 1. The first-order valence-electron chi connectivity index (χ1n) is 5.66. The molecule has 0 spiro atoms. The highest BCUT2D eigenvalue weighted by atomic mass is 14.9. The van der Waals surface area contributed by atoms with E-state index >= 15 is 0 Å². The molecule has 80 valence electrons. The van der Waals surface area contributed by atoms with Crippen LogP contribution in [-0.2, 0) is 0 Å². The van der Waals surface area contributed by atoms with Crippen molar-refractivity contribution < 1.29 is 0 Å². The van der Waals surface area contributed by atoms with Gasteiger partial charge in [0.15, 0.2) is 0 Å². The van der Waals surface area contributed by atoms with Crippen LogP contribution in [0.4, 0.5) is 5.69 Å². The Labute approximate surface area is 91.2 Å². The number of hydrogen-bond donors (Lipinski definition) is 1. The van der Waals surface area contributed by atoms with E-state index in [0.29, 0.717) is 5.92 Å². The number of benzene rings is 1. The normalized spacial score (nSPS) is 18.3. The molecule has 2 nitrogen and oxygen atoms in total. The van der Waals surface area contributed by atoms with Crippen LogP contribution in [0, 0.1) is 12.8 Å². The van der Waals surface area contributed by atoms with E-state index in [1.165, 1.54) is 31.2 Å². The van der Waals surface area contributed by atoms with Crippen LogP contribution in [-0.4, -0.2) is 5.84 Å². The van der Waals surface area contributed by atoms with Crippen LogP contribution in [0.25, 0.3) is 0 Å². The number of rotatable bonds is 2. The minimum Gasteiger partial charge on any atom is -0.387 e. The molecule has 0 atom stereocenters. The van der Waals surface area contributed by atoms with E-state index in [2.05, 4.69) is 24.0 Å². The van der Waals surface area contributed by atoms with E-state index in [0.717, 1.165) is 11.5 Å². The Morgan fingerprint density at radius 3 is 2.40 bits per heavy atom. The molecule has 1 fully saturated rings. The third-order valence-corrected chi connectivity index (χ3v) is 3.07. The maximum absolute atomic E-state index is 6.00. The number of aryl methyl sites for hydroxylation is 1. The molecule has 1 aliphatic rings. The highest BCUT2D eigenvalue weighted by Gasteiger charge is 2.18. The van der Waals surface area contributed by atoms with Crippen LogP contribution in [0.3, 0.4) is 0 Å². The Morgan fingerprint density at radius 1 is 1.20 bits per heavy atom. The van der Waals surface area contributed by atoms with Gasteiger partial charge in [0.1, 0.15) is 5.84 Å². The van der Waals surface area contributed by atoms with Crippen molar-refractivity contribution in [3.05, 3.63) is 29.8 Å². The highest BCUT2D eigenvalue weighted by Crippen LogP contribution is 2.26. The molecule has 1 aromatic rings. The van der Waals surface area contributed by atoms with E-state index in [4.69, 9.17) is 5.73 Å². The van der Waals surface area contributed by atoms with Crippen molar-refractivity contribution in [1.82, 2.24) is 0 Å². The van der Waals surface area contributed by atoms with Gasteiger partial charge in [0.25, 0.3) is 0 Å². The Morgan fingerprint density at radius 2 is 1.80 bits per heavy atom. The molecule has 0 heterocycles. The molecule has 1 aliphatic carbocycles. The van der Waals surface area contributed by atoms with Gasteiger partial charge in [0.2, 0.25) is 0 Å². The number of aliphatic imine (C=N–C) groups is 1. The van der Waals surface area contributed by atoms with Crippen LogP contribution in [0.15, 0.2) is 29.3 Å². The zero-order valence-corrected chi connectivity index (χ0v) is 9.24. The lowest BCUT2D eigenvalue weighted by Crippen LogP contribution is -2.20. The maximum Gasteiger partial charge on any atom is 0.103 e. The Hall–Kier alpha value is -1.31. The summed E-state index contributed by atoms with van der Waals surface area (Å²) in [4.78, 5) is 4.48. The van der Waals surface area contributed by atoms with Gasteiger partial charge in [0, 0.05) is 5.92 Å². The minimum atomic E-state index is 0.520. The monoisotopic (exact) mass is 202 g/mol. The van der Waals surface area contributed by atoms with Gasteiger partial charge >= 0.3 is 0 Å². The van der Waals surface area contributed by atoms with E-state index < -0.39 is 0 Å². The molecule has 0 saturated heterocycles. The van der Waals surface area contributed by atoms with Crippen LogP contribution in [0.5, 0.6) is 0 Å². The fourth-order valence-corrected chi connectivity index (χ4v) is 2.08. The number of nitrogens with zero attached hydrogens (tertiary/aromatic N) is 1. The first kappa shape index (κ1) is 10.2. The lowest BCUT2D eigenvalue weighted by molar-refractivity contribution is 0.722. The molecule has 2 rings (SSSR count). The molecule has 1 aromatic carbocycles. The lowest BCUT2D eigenvalue weighted by Gasteiger charge is -2.07. The van der Waals surface area contributed by atoms with Gasteiger partial charge in [-0.25, -0.2) is 4.99 Å². The second-order valence-electron chi connectivity index (χ2n) is 4.35. The molecule has 0 aliphatic heterocycles. The van der Waals surface area contributed by atoms with Gasteiger partial charge in [-0.05, 0) is 31.9 Å². The van der Waals surface area contributed by atoms with Crippen molar-refractivity contribution in [1.29, 1.82) is 0 Å². The molecular formula is C13H18N2. The van der Waals surface area contributed by atoms with Crippen molar-refractivity contribution in [3.8, 4) is 0 Å². The van der Waals surface area contributed by atoms with E-state index in [1.54, 1.807) is 0 Å². The summed E-state index contributed by atoms with van der Waals surface area (Å²) in [5.41, 5.74) is 8.23. The average molecular weight is 202 g/mol. The van der Waals surface area contributed by atoms with Crippen molar-refractivity contribution >= 4 is 11.5 Å². The fourth-order valence-electron chi connectivity index (χ4n) is 2.08. The highest BCUT2D eigenvalue weighted by molar-refractivity contribution is 5.85. The van der Waals surface area contributed by atoms with Gasteiger partial charge in [-0.15, -0.1) is 0 Å². The van der Waals surface area contributed by atoms with Crippen LogP contribution >= 0.6 is 0 Å². The minimum absolute atomic E-state index is 0.520. The largest absolute Gasteiger partial charge is 0.387 e. The molecule has 0 radical (unpaired) electrons. The topological polar surface area (TPSA) is 38.4 Å². The third-order valence-electron chi connectivity index (χ3n) is 3.07. The maximum atomic E-state index is 6.00. The molecule has 1 saturated carbocycles. The summed E-state index contributed by atoms with van der Waals surface area (Å²) in [6.07, 6.45) is 5.02. The molecule has 2 heteroatoms. The molecule has 0 bridgehead atoms. The standard InChI is InChI=1S/C13H18N2/c1-10-6-8-12(9-7-10)15-13(14)11-4-2-3-5-11/h6-9,11H,2-5H2,1H3,(H2,14,15). The smallest absolute Gasteiger partial charge is 0.103 e. The van der Waals surface area contributed by atoms with E-state index in [1.807, 2.05) is 12.1 Å². The van der Waals surface area contributed by atoms with Crippen LogP contribution in [0.2, 0.25) is 0 Å². The van der Waals surface area contributed by atoms with Crippen LogP contribution < -0.4 is 5.73 Å². The molecule has 15 heavy (non-hydrogen) atoms. The Balaban J connectivity index is 2.11. The molecule has 2 N–H and O–H groups in total. The lowest BCUT2D eigenvalue weighted by atomic mass is 10.1. The zero-order valence-electron chi connectivity index (χ0n) is 9.24. The summed E-state index contributed by atoms with van der Waals surface area (Å²) in [5, 5.41) is 0. The second-order valence-corrected chi connectivity index (χ2v) is 4.35. The first-order chi connectivity index (χ1) is 7.25. The van der Waals surface area contributed by atoms with Crippen LogP contribution in [0.1, 0.15) is 31.2 Å².